The van der Waals surface area contributed by atoms with Crippen LogP contribution in [0.15, 0.2) is 41.1 Å². The standard InChI is InChI=1S/C13H16BrN3/c1-2-15-7-12-8-16-17(10-12)9-11-3-5-13(14)6-4-11/h3-6,8,10,15H,2,7,9H2,1H3. The predicted molar refractivity (Wildman–Crippen MR) is 72.9 cm³/mol. The second kappa shape index (κ2) is 5.98. The SMILES string of the molecule is CCNCc1cnn(Cc2ccc(Br)cc2)c1. The molecule has 1 N–H and O–H groups in total. The highest BCUT2D eigenvalue weighted by Crippen LogP contribution is 2.11. The van der Waals surface area contributed by atoms with Crippen molar-refractivity contribution in [3.63, 3.8) is 0 Å². The van der Waals surface area contributed by atoms with Gasteiger partial charge >= 0.3 is 0 Å². The van der Waals surface area contributed by atoms with E-state index < -0.39 is 0 Å². The molecule has 0 atom stereocenters. The zero-order chi connectivity index (χ0) is 12.1. The molecule has 0 fully saturated rings. The third-order valence-corrected chi connectivity index (χ3v) is 3.05. The van der Waals surface area contributed by atoms with E-state index in [4.69, 9.17) is 0 Å². The molecule has 0 aliphatic carbocycles. The molecule has 3 nitrogen and oxygen atoms in total. The van der Waals surface area contributed by atoms with Crippen molar-refractivity contribution in [2.24, 2.45) is 0 Å². The highest BCUT2D eigenvalue weighted by molar-refractivity contribution is 9.10. The van der Waals surface area contributed by atoms with E-state index in [1.807, 2.05) is 10.9 Å². The average molecular weight is 294 g/mol. The highest BCUT2D eigenvalue weighted by Gasteiger charge is 1.99. The summed E-state index contributed by atoms with van der Waals surface area (Å²) < 4.78 is 3.07. The first-order valence-electron chi connectivity index (χ1n) is 5.74. The molecule has 0 saturated heterocycles. The lowest BCUT2D eigenvalue weighted by Gasteiger charge is -2.02. The number of hydrogen-bond donors (Lipinski definition) is 1. The van der Waals surface area contributed by atoms with Crippen LogP contribution in [0.3, 0.4) is 0 Å². The van der Waals surface area contributed by atoms with Gasteiger partial charge in [-0.1, -0.05) is 35.0 Å². The van der Waals surface area contributed by atoms with Crippen molar-refractivity contribution in [1.82, 2.24) is 15.1 Å². The second-order valence-corrected chi connectivity index (χ2v) is 4.87. The van der Waals surface area contributed by atoms with Gasteiger partial charge in [0.05, 0.1) is 12.7 Å². The van der Waals surface area contributed by atoms with Crippen LogP contribution in [0.5, 0.6) is 0 Å². The number of hydrogen-bond acceptors (Lipinski definition) is 2. The van der Waals surface area contributed by atoms with Gasteiger partial charge in [0.25, 0.3) is 0 Å². The molecule has 17 heavy (non-hydrogen) atoms. The minimum absolute atomic E-state index is 0.819. The molecule has 0 bridgehead atoms. The van der Waals surface area contributed by atoms with Crippen LogP contribution in [0, 0.1) is 0 Å². The molecular weight excluding hydrogens is 278 g/mol. The van der Waals surface area contributed by atoms with Crippen LogP contribution in [-0.4, -0.2) is 16.3 Å². The van der Waals surface area contributed by atoms with E-state index in [-0.39, 0.29) is 0 Å². The molecule has 1 heterocycles. The summed E-state index contributed by atoms with van der Waals surface area (Å²) in [5, 5.41) is 7.64. The minimum atomic E-state index is 0.819. The predicted octanol–water partition coefficient (Wildman–Crippen LogP) is 2.80. The van der Waals surface area contributed by atoms with Gasteiger partial charge < -0.3 is 5.32 Å². The van der Waals surface area contributed by atoms with Crippen molar-refractivity contribution in [2.45, 2.75) is 20.0 Å². The van der Waals surface area contributed by atoms with Gasteiger partial charge in [0, 0.05) is 22.8 Å². The number of halogens is 1. The Morgan fingerprint density at radius 1 is 1.24 bits per heavy atom. The molecule has 1 aromatic heterocycles. The molecule has 90 valence electrons. The molecule has 0 saturated carbocycles. The number of rotatable bonds is 5. The first kappa shape index (κ1) is 12.3. The summed E-state index contributed by atoms with van der Waals surface area (Å²) in [6, 6.07) is 8.32. The summed E-state index contributed by atoms with van der Waals surface area (Å²) >= 11 is 3.43. The number of aromatic nitrogens is 2. The van der Waals surface area contributed by atoms with Crippen molar-refractivity contribution in [2.75, 3.05) is 6.54 Å². The van der Waals surface area contributed by atoms with E-state index in [1.165, 1.54) is 11.1 Å². The van der Waals surface area contributed by atoms with Crippen LogP contribution in [-0.2, 0) is 13.1 Å². The Morgan fingerprint density at radius 3 is 2.71 bits per heavy atom. The average Bonchev–Trinajstić information content (AvgIpc) is 2.77. The van der Waals surface area contributed by atoms with Crippen molar-refractivity contribution in [3.05, 3.63) is 52.3 Å². The maximum absolute atomic E-state index is 4.35. The van der Waals surface area contributed by atoms with Gasteiger partial charge in [-0.25, -0.2) is 0 Å². The summed E-state index contributed by atoms with van der Waals surface area (Å²) in [6.45, 7) is 4.79. The molecule has 0 amide bonds. The van der Waals surface area contributed by atoms with Crippen molar-refractivity contribution in [1.29, 1.82) is 0 Å². The molecule has 0 spiro atoms. The Balaban J connectivity index is 1.98. The maximum atomic E-state index is 4.35. The first-order chi connectivity index (χ1) is 8.28. The molecule has 0 aliphatic rings. The fraction of sp³-hybridized carbons (Fsp3) is 0.308. The lowest BCUT2D eigenvalue weighted by atomic mass is 10.2. The van der Waals surface area contributed by atoms with E-state index in [0.717, 1.165) is 24.1 Å². The molecule has 1 aromatic carbocycles. The second-order valence-electron chi connectivity index (χ2n) is 3.95. The summed E-state index contributed by atoms with van der Waals surface area (Å²) in [5.74, 6) is 0. The van der Waals surface area contributed by atoms with E-state index in [0.29, 0.717) is 0 Å². The lowest BCUT2D eigenvalue weighted by Crippen LogP contribution is -2.11. The van der Waals surface area contributed by atoms with Crippen molar-refractivity contribution in [3.8, 4) is 0 Å². The Bertz CT molecular complexity index is 462. The van der Waals surface area contributed by atoms with Crippen LogP contribution in [0.2, 0.25) is 0 Å². The number of benzene rings is 1. The minimum Gasteiger partial charge on any atom is -0.313 e. The molecule has 2 aromatic rings. The van der Waals surface area contributed by atoms with Gasteiger partial charge in [-0.15, -0.1) is 0 Å². The van der Waals surface area contributed by atoms with E-state index in [9.17, 15) is 0 Å². The fourth-order valence-corrected chi connectivity index (χ4v) is 1.89. The number of nitrogens with one attached hydrogen (secondary N) is 1. The van der Waals surface area contributed by atoms with Gasteiger partial charge in [0.15, 0.2) is 0 Å². The Labute approximate surface area is 110 Å². The van der Waals surface area contributed by atoms with E-state index in [1.54, 1.807) is 0 Å². The summed E-state index contributed by atoms with van der Waals surface area (Å²) in [6.07, 6.45) is 4.01. The zero-order valence-electron chi connectivity index (χ0n) is 9.86. The highest BCUT2D eigenvalue weighted by atomic mass is 79.9. The van der Waals surface area contributed by atoms with E-state index >= 15 is 0 Å². The number of nitrogens with zero attached hydrogens (tertiary/aromatic N) is 2. The Kier molecular flexibility index (Phi) is 4.34. The Morgan fingerprint density at radius 2 is 2.00 bits per heavy atom. The van der Waals surface area contributed by atoms with Crippen LogP contribution < -0.4 is 5.32 Å². The molecular formula is C13H16BrN3. The zero-order valence-corrected chi connectivity index (χ0v) is 11.4. The van der Waals surface area contributed by atoms with Crippen LogP contribution >= 0.6 is 15.9 Å². The summed E-state index contributed by atoms with van der Waals surface area (Å²) in [5.41, 5.74) is 2.48. The van der Waals surface area contributed by atoms with Gasteiger partial charge in [-0.3, -0.25) is 4.68 Å². The van der Waals surface area contributed by atoms with Crippen molar-refractivity contribution < 1.29 is 0 Å². The van der Waals surface area contributed by atoms with Crippen LogP contribution in [0.1, 0.15) is 18.1 Å². The quantitative estimate of drug-likeness (QED) is 0.919. The van der Waals surface area contributed by atoms with Gasteiger partial charge in [-0.05, 0) is 24.2 Å². The molecule has 0 radical (unpaired) electrons. The third kappa shape index (κ3) is 3.68. The summed E-state index contributed by atoms with van der Waals surface area (Å²) in [4.78, 5) is 0. The van der Waals surface area contributed by atoms with Gasteiger partial charge in [0.1, 0.15) is 0 Å². The lowest BCUT2D eigenvalue weighted by molar-refractivity contribution is 0.683. The normalized spacial score (nSPS) is 10.7. The molecule has 0 aliphatic heterocycles. The van der Waals surface area contributed by atoms with Gasteiger partial charge in [0.2, 0.25) is 0 Å². The molecule has 2 rings (SSSR count). The monoisotopic (exact) mass is 293 g/mol. The Hall–Kier alpha value is -1.13. The fourth-order valence-electron chi connectivity index (χ4n) is 1.63. The van der Waals surface area contributed by atoms with Crippen molar-refractivity contribution >= 4 is 15.9 Å². The smallest absolute Gasteiger partial charge is 0.0659 e. The first-order valence-corrected chi connectivity index (χ1v) is 6.53. The summed E-state index contributed by atoms with van der Waals surface area (Å²) in [7, 11) is 0. The topological polar surface area (TPSA) is 29.9 Å². The molecule has 0 unspecified atom stereocenters. The largest absolute Gasteiger partial charge is 0.313 e. The third-order valence-electron chi connectivity index (χ3n) is 2.52. The van der Waals surface area contributed by atoms with E-state index in [2.05, 4.69) is 63.7 Å². The van der Waals surface area contributed by atoms with Crippen LogP contribution in [0.4, 0.5) is 0 Å². The van der Waals surface area contributed by atoms with Gasteiger partial charge in [-0.2, -0.15) is 5.10 Å². The maximum Gasteiger partial charge on any atom is 0.0659 e. The molecule has 4 heteroatoms. The van der Waals surface area contributed by atoms with Crippen LogP contribution in [0.25, 0.3) is 0 Å².